The largest absolute Gasteiger partial charge is 0.349 e. The lowest BCUT2D eigenvalue weighted by Gasteiger charge is -2.15. The maximum absolute atomic E-state index is 12.5. The van der Waals surface area contributed by atoms with Crippen LogP contribution in [0.1, 0.15) is 46.4 Å². The van der Waals surface area contributed by atoms with E-state index in [1.165, 1.54) is 0 Å². The summed E-state index contributed by atoms with van der Waals surface area (Å²) < 4.78 is 0. The predicted octanol–water partition coefficient (Wildman–Crippen LogP) is 4.26. The average molecular weight is 343 g/mol. The Kier molecular flexibility index (Phi) is 5.16. The van der Waals surface area contributed by atoms with Crippen molar-refractivity contribution in [2.24, 2.45) is 0 Å². The van der Waals surface area contributed by atoms with Crippen LogP contribution in [0.2, 0.25) is 5.02 Å². The Balaban J connectivity index is 1.77. The maximum atomic E-state index is 12.5. The highest BCUT2D eigenvalue weighted by molar-refractivity contribution is 6.34. The SMILES string of the molecule is O=C(Nc1ccccc1C(=O)NC1CCCC1)c1ccccc1Cl. The van der Waals surface area contributed by atoms with Gasteiger partial charge in [-0.3, -0.25) is 9.59 Å². The minimum absolute atomic E-state index is 0.156. The number of carbonyl (C=O) groups excluding carboxylic acids is 2. The first-order valence-electron chi connectivity index (χ1n) is 8.11. The van der Waals surface area contributed by atoms with Gasteiger partial charge >= 0.3 is 0 Å². The van der Waals surface area contributed by atoms with Gasteiger partial charge < -0.3 is 10.6 Å². The van der Waals surface area contributed by atoms with Gasteiger partial charge in [-0.25, -0.2) is 0 Å². The number of benzene rings is 2. The molecule has 124 valence electrons. The fraction of sp³-hybridized carbons (Fsp3) is 0.263. The molecule has 1 fully saturated rings. The summed E-state index contributed by atoms with van der Waals surface area (Å²) in [6.07, 6.45) is 4.32. The van der Waals surface area contributed by atoms with Crippen molar-refractivity contribution in [3.8, 4) is 0 Å². The molecule has 0 bridgehead atoms. The molecule has 0 heterocycles. The molecular formula is C19H19ClN2O2. The molecule has 0 atom stereocenters. The fourth-order valence-corrected chi connectivity index (χ4v) is 3.18. The van der Waals surface area contributed by atoms with E-state index in [-0.39, 0.29) is 17.9 Å². The van der Waals surface area contributed by atoms with Crippen molar-refractivity contribution < 1.29 is 9.59 Å². The topological polar surface area (TPSA) is 58.2 Å². The monoisotopic (exact) mass is 342 g/mol. The Morgan fingerprint density at radius 1 is 0.875 bits per heavy atom. The quantitative estimate of drug-likeness (QED) is 0.872. The number of rotatable bonds is 4. The Morgan fingerprint density at radius 2 is 1.50 bits per heavy atom. The van der Waals surface area contributed by atoms with E-state index in [1.807, 2.05) is 0 Å². The molecule has 0 aromatic heterocycles. The maximum Gasteiger partial charge on any atom is 0.257 e. The third-order valence-electron chi connectivity index (χ3n) is 4.23. The van der Waals surface area contributed by atoms with E-state index in [2.05, 4.69) is 10.6 Å². The Morgan fingerprint density at radius 3 is 2.21 bits per heavy atom. The molecule has 0 unspecified atom stereocenters. The summed E-state index contributed by atoms with van der Waals surface area (Å²) >= 11 is 6.06. The molecule has 2 N–H and O–H groups in total. The van der Waals surface area contributed by atoms with E-state index in [4.69, 9.17) is 11.6 Å². The number of hydrogen-bond donors (Lipinski definition) is 2. The normalized spacial score (nSPS) is 14.4. The molecule has 0 radical (unpaired) electrons. The molecule has 0 spiro atoms. The molecule has 4 nitrogen and oxygen atoms in total. The van der Waals surface area contributed by atoms with Gasteiger partial charge in [0.15, 0.2) is 0 Å². The van der Waals surface area contributed by atoms with Crippen LogP contribution in [0.5, 0.6) is 0 Å². The first kappa shape index (κ1) is 16.5. The molecular weight excluding hydrogens is 324 g/mol. The minimum atomic E-state index is -0.332. The van der Waals surface area contributed by atoms with Gasteiger partial charge in [-0.1, -0.05) is 48.7 Å². The average Bonchev–Trinajstić information content (AvgIpc) is 3.08. The molecule has 5 heteroatoms. The molecule has 2 aromatic carbocycles. The Bertz CT molecular complexity index is 755. The van der Waals surface area contributed by atoms with E-state index in [1.54, 1.807) is 48.5 Å². The number of nitrogens with one attached hydrogen (secondary N) is 2. The number of halogens is 1. The summed E-state index contributed by atoms with van der Waals surface area (Å²) in [6.45, 7) is 0. The first-order chi connectivity index (χ1) is 11.6. The van der Waals surface area contributed by atoms with E-state index in [9.17, 15) is 9.59 Å². The molecule has 1 saturated carbocycles. The lowest BCUT2D eigenvalue weighted by atomic mass is 10.1. The molecule has 1 aliphatic rings. The lowest BCUT2D eigenvalue weighted by Crippen LogP contribution is -2.33. The van der Waals surface area contributed by atoms with Gasteiger partial charge in [-0.15, -0.1) is 0 Å². The summed E-state index contributed by atoms with van der Waals surface area (Å²) in [5.74, 6) is -0.487. The van der Waals surface area contributed by atoms with Crippen molar-refractivity contribution >= 4 is 29.1 Å². The van der Waals surface area contributed by atoms with Gasteiger partial charge in [0.2, 0.25) is 0 Å². The van der Waals surface area contributed by atoms with Gasteiger partial charge in [0.05, 0.1) is 21.8 Å². The van der Waals surface area contributed by atoms with Crippen LogP contribution >= 0.6 is 11.6 Å². The zero-order valence-corrected chi connectivity index (χ0v) is 14.0. The van der Waals surface area contributed by atoms with Crippen molar-refractivity contribution in [2.45, 2.75) is 31.7 Å². The molecule has 0 saturated heterocycles. The summed E-state index contributed by atoms with van der Waals surface area (Å²) in [4.78, 5) is 24.9. The van der Waals surface area contributed by atoms with Crippen molar-refractivity contribution in [1.82, 2.24) is 5.32 Å². The number of hydrogen-bond acceptors (Lipinski definition) is 2. The molecule has 2 aromatic rings. The zero-order valence-electron chi connectivity index (χ0n) is 13.2. The number of para-hydroxylation sites is 1. The first-order valence-corrected chi connectivity index (χ1v) is 8.49. The predicted molar refractivity (Wildman–Crippen MR) is 95.6 cm³/mol. The Hall–Kier alpha value is -2.33. The fourth-order valence-electron chi connectivity index (χ4n) is 2.96. The highest BCUT2D eigenvalue weighted by Crippen LogP contribution is 2.22. The van der Waals surface area contributed by atoms with Crippen molar-refractivity contribution in [2.75, 3.05) is 5.32 Å². The second-order valence-electron chi connectivity index (χ2n) is 5.93. The van der Waals surface area contributed by atoms with Gasteiger partial charge in [0, 0.05) is 6.04 Å². The second-order valence-corrected chi connectivity index (χ2v) is 6.34. The van der Waals surface area contributed by atoms with Crippen LogP contribution in [0.4, 0.5) is 5.69 Å². The summed E-state index contributed by atoms with van der Waals surface area (Å²) in [7, 11) is 0. The van der Waals surface area contributed by atoms with Crippen LogP contribution in [-0.2, 0) is 0 Å². The van der Waals surface area contributed by atoms with Crippen LogP contribution in [0.3, 0.4) is 0 Å². The zero-order chi connectivity index (χ0) is 16.9. The lowest BCUT2D eigenvalue weighted by molar-refractivity contribution is 0.0939. The van der Waals surface area contributed by atoms with E-state index in [0.29, 0.717) is 21.8 Å². The van der Waals surface area contributed by atoms with E-state index >= 15 is 0 Å². The summed E-state index contributed by atoms with van der Waals surface area (Å²) in [5, 5.41) is 6.21. The number of amides is 2. The van der Waals surface area contributed by atoms with Crippen LogP contribution in [0.15, 0.2) is 48.5 Å². The van der Waals surface area contributed by atoms with Crippen molar-refractivity contribution in [1.29, 1.82) is 0 Å². The molecule has 2 amide bonds. The van der Waals surface area contributed by atoms with Gasteiger partial charge in [0.1, 0.15) is 0 Å². The number of carbonyl (C=O) groups is 2. The van der Waals surface area contributed by atoms with E-state index in [0.717, 1.165) is 25.7 Å². The van der Waals surface area contributed by atoms with Crippen molar-refractivity contribution in [3.05, 3.63) is 64.7 Å². The number of anilines is 1. The van der Waals surface area contributed by atoms with Crippen LogP contribution in [0, 0.1) is 0 Å². The van der Waals surface area contributed by atoms with Crippen LogP contribution in [-0.4, -0.2) is 17.9 Å². The highest BCUT2D eigenvalue weighted by atomic mass is 35.5. The van der Waals surface area contributed by atoms with E-state index < -0.39 is 0 Å². The standard InChI is InChI=1S/C19H19ClN2O2/c20-16-11-5-3-9-14(16)18(23)22-17-12-6-4-10-15(17)19(24)21-13-7-1-2-8-13/h3-6,9-13H,1-2,7-8H2,(H,21,24)(H,22,23). The minimum Gasteiger partial charge on any atom is -0.349 e. The van der Waals surface area contributed by atoms with Gasteiger partial charge in [-0.2, -0.15) is 0 Å². The molecule has 3 rings (SSSR count). The molecule has 24 heavy (non-hydrogen) atoms. The molecule has 0 aliphatic heterocycles. The van der Waals surface area contributed by atoms with Crippen molar-refractivity contribution in [3.63, 3.8) is 0 Å². The summed E-state index contributed by atoms with van der Waals surface area (Å²) in [6, 6.07) is 14.1. The molecule has 1 aliphatic carbocycles. The summed E-state index contributed by atoms with van der Waals surface area (Å²) in [5.41, 5.74) is 1.33. The van der Waals surface area contributed by atoms with Crippen LogP contribution in [0.25, 0.3) is 0 Å². The Labute approximate surface area is 146 Å². The van der Waals surface area contributed by atoms with Crippen LogP contribution < -0.4 is 10.6 Å². The smallest absolute Gasteiger partial charge is 0.257 e. The van der Waals surface area contributed by atoms with Gasteiger partial charge in [-0.05, 0) is 37.1 Å². The third-order valence-corrected chi connectivity index (χ3v) is 4.56. The second kappa shape index (κ2) is 7.49. The van der Waals surface area contributed by atoms with Gasteiger partial charge in [0.25, 0.3) is 11.8 Å². The third kappa shape index (κ3) is 3.77. The highest BCUT2D eigenvalue weighted by Gasteiger charge is 2.20.